The van der Waals surface area contributed by atoms with E-state index in [-0.39, 0.29) is 30.6 Å². The minimum absolute atomic E-state index is 0.0118. The predicted molar refractivity (Wildman–Crippen MR) is 138 cm³/mol. The highest BCUT2D eigenvalue weighted by atomic mass is 16.6. The van der Waals surface area contributed by atoms with Crippen LogP contribution >= 0.6 is 0 Å². The molecule has 37 heavy (non-hydrogen) atoms. The maximum atomic E-state index is 13.2. The summed E-state index contributed by atoms with van der Waals surface area (Å²) in [6.07, 6.45) is 3.07. The van der Waals surface area contributed by atoms with E-state index in [9.17, 15) is 24.9 Å². The van der Waals surface area contributed by atoms with Crippen LogP contribution < -0.4 is 4.74 Å². The first kappa shape index (κ1) is 28.9. The van der Waals surface area contributed by atoms with Crippen LogP contribution in [-0.2, 0) is 14.3 Å². The number of esters is 1. The molecule has 1 aromatic rings. The monoisotopic (exact) mass is 516 g/mol. The average Bonchev–Trinajstić information content (AvgIpc) is 2.82. The molecule has 8 atom stereocenters. The Hall–Kier alpha value is -2.68. The van der Waals surface area contributed by atoms with Gasteiger partial charge in [0.1, 0.15) is 11.9 Å². The van der Waals surface area contributed by atoms with Gasteiger partial charge in [0, 0.05) is 12.3 Å². The van der Waals surface area contributed by atoms with E-state index < -0.39 is 48.9 Å². The topological polar surface area (TPSA) is 134 Å². The zero-order chi connectivity index (χ0) is 27.1. The molecular formula is C29H40O8. The van der Waals surface area contributed by atoms with Crippen molar-refractivity contribution in [2.24, 2.45) is 17.8 Å². The molecule has 0 aliphatic heterocycles. The molecule has 4 N–H and O–H groups in total. The van der Waals surface area contributed by atoms with Gasteiger partial charge in [0.25, 0.3) is 0 Å². The van der Waals surface area contributed by atoms with Crippen LogP contribution in [0.1, 0.15) is 57.9 Å². The Kier molecular flexibility index (Phi) is 10.3. The van der Waals surface area contributed by atoms with Crippen molar-refractivity contribution in [1.29, 1.82) is 0 Å². The number of carboxylic acid groups (broad SMARTS) is 1. The number of hydrogen-bond acceptors (Lipinski definition) is 7. The van der Waals surface area contributed by atoms with Crippen LogP contribution in [0, 0.1) is 24.7 Å². The lowest BCUT2D eigenvalue weighted by atomic mass is 9.66. The predicted octanol–water partition coefficient (Wildman–Crippen LogP) is 3.56. The van der Waals surface area contributed by atoms with Crippen LogP contribution in [0.3, 0.4) is 0 Å². The van der Waals surface area contributed by atoms with Crippen molar-refractivity contribution < 1.29 is 39.5 Å². The maximum Gasteiger partial charge on any atom is 0.347 e. The lowest BCUT2D eigenvalue weighted by Gasteiger charge is -2.43. The van der Waals surface area contributed by atoms with E-state index in [0.717, 1.165) is 11.1 Å². The molecule has 2 aliphatic rings. The van der Waals surface area contributed by atoms with Crippen molar-refractivity contribution in [1.82, 2.24) is 0 Å². The smallest absolute Gasteiger partial charge is 0.347 e. The van der Waals surface area contributed by atoms with Gasteiger partial charge in [-0.2, -0.15) is 0 Å². The molecule has 0 amide bonds. The lowest BCUT2D eigenvalue weighted by Crippen LogP contribution is -2.44. The minimum atomic E-state index is -1.11. The lowest BCUT2D eigenvalue weighted by molar-refractivity contribution is -0.163. The molecule has 1 aromatic carbocycles. The molecule has 3 rings (SSSR count). The second kappa shape index (κ2) is 13.2. The van der Waals surface area contributed by atoms with Crippen molar-refractivity contribution >= 4 is 11.9 Å². The van der Waals surface area contributed by atoms with Gasteiger partial charge in [0.15, 0.2) is 6.10 Å². The first-order chi connectivity index (χ1) is 17.6. The number of fused-ring (bicyclic) bond motifs is 1. The molecule has 0 spiro atoms. The quantitative estimate of drug-likeness (QED) is 0.310. The number of rotatable bonds is 12. The molecule has 0 fully saturated rings. The summed E-state index contributed by atoms with van der Waals surface area (Å²) in [5.41, 5.74) is 1.83. The zero-order valence-corrected chi connectivity index (χ0v) is 21.8. The number of aliphatic hydroxyl groups excluding tert-OH is 3. The van der Waals surface area contributed by atoms with E-state index in [2.05, 4.69) is 13.0 Å². The van der Waals surface area contributed by atoms with Gasteiger partial charge in [-0.3, -0.25) is 4.79 Å². The molecule has 8 nitrogen and oxygen atoms in total. The third-order valence-corrected chi connectivity index (χ3v) is 7.42. The van der Waals surface area contributed by atoms with Gasteiger partial charge in [-0.15, -0.1) is 0 Å². The number of allylic oxidation sites excluding steroid dienone is 2. The number of carbonyl (C=O) groups excluding carboxylic acids is 1. The van der Waals surface area contributed by atoms with Crippen molar-refractivity contribution in [2.75, 3.05) is 0 Å². The van der Waals surface area contributed by atoms with Crippen LogP contribution in [0.5, 0.6) is 5.75 Å². The number of hydrogen-bond donors (Lipinski definition) is 4. The van der Waals surface area contributed by atoms with Crippen molar-refractivity contribution in [2.45, 2.75) is 89.8 Å². The van der Waals surface area contributed by atoms with Crippen molar-refractivity contribution in [3.63, 3.8) is 0 Å². The molecule has 0 saturated heterocycles. The third-order valence-electron chi connectivity index (χ3n) is 7.42. The summed E-state index contributed by atoms with van der Waals surface area (Å²) in [4.78, 5) is 24.0. The largest absolute Gasteiger partial charge is 0.481 e. The van der Waals surface area contributed by atoms with Crippen LogP contribution in [0.4, 0.5) is 0 Å². The highest BCUT2D eigenvalue weighted by Gasteiger charge is 2.42. The average molecular weight is 517 g/mol. The number of carboxylic acids is 1. The Morgan fingerprint density at radius 1 is 1.16 bits per heavy atom. The summed E-state index contributed by atoms with van der Waals surface area (Å²) in [6.45, 7) is 5.85. The number of ether oxygens (including phenoxy) is 2. The number of aliphatic hydroxyl groups is 3. The molecule has 0 radical (unpaired) electrons. The highest BCUT2D eigenvalue weighted by molar-refractivity contribution is 5.75. The highest BCUT2D eigenvalue weighted by Crippen LogP contribution is 2.44. The fraction of sp³-hybridized carbons (Fsp3) is 0.586. The molecular weight excluding hydrogens is 476 g/mol. The Morgan fingerprint density at radius 3 is 2.57 bits per heavy atom. The fourth-order valence-electron chi connectivity index (χ4n) is 5.45. The standard InChI is InChI=1S/C29H40O8/c1-4-24(36-25-8-6-5-7-18(25)3)29(35)37-26-15-21(31)13-19-10-9-17(2)23(28(19)26)12-11-20(30)14-22(32)16-27(33)34/h5-10,13,17,20-24,26,28,30-32H,4,11-12,14-16H2,1-3H3,(H,33,34)/t17-,20-,21-,22-,23+,24+,26+,28+/m1/s1. The van der Waals surface area contributed by atoms with Gasteiger partial charge in [0.05, 0.1) is 24.7 Å². The number of aryl methyl sites for hydroxylation is 1. The second-order valence-electron chi connectivity index (χ2n) is 10.4. The molecule has 0 unspecified atom stereocenters. The van der Waals surface area contributed by atoms with E-state index >= 15 is 0 Å². The van der Waals surface area contributed by atoms with Gasteiger partial charge in [-0.1, -0.05) is 50.3 Å². The molecule has 0 saturated carbocycles. The Morgan fingerprint density at radius 2 is 1.89 bits per heavy atom. The van der Waals surface area contributed by atoms with Crippen LogP contribution in [0.15, 0.2) is 48.1 Å². The third kappa shape index (κ3) is 7.90. The summed E-state index contributed by atoms with van der Waals surface area (Å²) in [7, 11) is 0. The molecule has 2 aliphatic carbocycles. The van der Waals surface area contributed by atoms with Crippen molar-refractivity contribution in [3.05, 3.63) is 53.6 Å². The Labute approximate surface area is 218 Å². The Balaban J connectivity index is 1.71. The molecule has 0 bridgehead atoms. The van der Waals surface area contributed by atoms with Crippen LogP contribution in [0.2, 0.25) is 0 Å². The van der Waals surface area contributed by atoms with Gasteiger partial charge in [-0.25, -0.2) is 4.79 Å². The van der Waals surface area contributed by atoms with Crippen LogP contribution in [-0.4, -0.2) is 62.9 Å². The van der Waals surface area contributed by atoms with Crippen LogP contribution in [0.25, 0.3) is 0 Å². The molecule has 0 aromatic heterocycles. The fourth-order valence-corrected chi connectivity index (χ4v) is 5.45. The van der Waals surface area contributed by atoms with Gasteiger partial charge >= 0.3 is 11.9 Å². The van der Waals surface area contributed by atoms with Gasteiger partial charge in [-0.05, 0) is 61.6 Å². The first-order valence-electron chi connectivity index (χ1n) is 13.2. The van der Waals surface area contributed by atoms with E-state index in [0.29, 0.717) is 25.0 Å². The number of benzene rings is 1. The van der Waals surface area contributed by atoms with E-state index in [1.165, 1.54) is 0 Å². The number of aliphatic carboxylic acids is 1. The normalized spacial score (nSPS) is 27.4. The summed E-state index contributed by atoms with van der Waals surface area (Å²) in [5, 5.41) is 39.7. The SMILES string of the molecule is CC[C@H](Oc1ccccc1C)C(=O)O[C@H]1C[C@H](O)C=C2C=C[C@@H](C)[C@H](CC[C@@H](O)C[C@@H](O)CC(=O)O)[C@H]21. The minimum Gasteiger partial charge on any atom is -0.481 e. The molecule has 0 heterocycles. The van der Waals surface area contributed by atoms with E-state index in [1.807, 2.05) is 44.2 Å². The summed E-state index contributed by atoms with van der Waals surface area (Å²) < 4.78 is 12.0. The zero-order valence-electron chi connectivity index (χ0n) is 21.8. The van der Waals surface area contributed by atoms with E-state index in [1.54, 1.807) is 6.08 Å². The van der Waals surface area contributed by atoms with Crippen molar-refractivity contribution in [3.8, 4) is 5.75 Å². The maximum absolute atomic E-state index is 13.2. The second-order valence-corrected chi connectivity index (χ2v) is 10.4. The summed E-state index contributed by atoms with van der Waals surface area (Å²) >= 11 is 0. The summed E-state index contributed by atoms with van der Waals surface area (Å²) in [5.74, 6) is -0.934. The molecule has 204 valence electrons. The Bertz CT molecular complexity index is 986. The number of carbonyl (C=O) groups is 2. The summed E-state index contributed by atoms with van der Waals surface area (Å²) in [6, 6.07) is 7.49. The molecule has 8 heteroatoms. The number of para-hydroxylation sites is 1. The van der Waals surface area contributed by atoms with Gasteiger partial charge < -0.3 is 29.9 Å². The van der Waals surface area contributed by atoms with Gasteiger partial charge in [0.2, 0.25) is 0 Å². The first-order valence-corrected chi connectivity index (χ1v) is 13.2. The van der Waals surface area contributed by atoms with E-state index in [4.69, 9.17) is 14.6 Å².